The number of hydrogen-bond acceptors (Lipinski definition) is 3. The monoisotopic (exact) mass is 340 g/mol. The van der Waals surface area contributed by atoms with Gasteiger partial charge in [0.15, 0.2) is 0 Å². The molecule has 3 nitrogen and oxygen atoms in total. The van der Waals surface area contributed by atoms with E-state index in [4.69, 9.17) is 9.39 Å². The molecule has 130 valence electrons. The highest BCUT2D eigenvalue weighted by molar-refractivity contribution is 6.88. The molecule has 0 aromatic heterocycles. The van der Waals surface area contributed by atoms with Crippen molar-refractivity contribution < 1.29 is 18.9 Å². The molecule has 6 heteroatoms. The Balaban J connectivity index is 3.15. The Hall–Kier alpha value is -0.688. The van der Waals surface area contributed by atoms with Crippen LogP contribution in [0.5, 0.6) is 0 Å². The Bertz CT molecular complexity index is 548. The number of rotatable bonds is 7. The van der Waals surface area contributed by atoms with Crippen molar-refractivity contribution in [2.24, 2.45) is 0 Å². The van der Waals surface area contributed by atoms with Crippen LogP contribution in [0.2, 0.25) is 19.6 Å². The van der Waals surface area contributed by atoms with Crippen molar-refractivity contribution >= 4 is 26.2 Å². The van der Waals surface area contributed by atoms with Crippen LogP contribution >= 0.6 is 0 Å². The van der Waals surface area contributed by atoms with Gasteiger partial charge in [-0.05, 0) is 38.3 Å². The maximum atomic E-state index is 14.9. The van der Waals surface area contributed by atoms with E-state index in [0.717, 1.165) is 10.6 Å². The summed E-state index contributed by atoms with van der Waals surface area (Å²) >= 11 is 0. The van der Waals surface area contributed by atoms with Crippen molar-refractivity contribution in [1.29, 1.82) is 0 Å². The predicted molar refractivity (Wildman–Crippen MR) is 98.3 cm³/mol. The molecule has 0 bridgehead atoms. The summed E-state index contributed by atoms with van der Waals surface area (Å²) in [5, 5.41) is 11.0. The smallest absolute Gasteiger partial charge is 0.309 e. The van der Waals surface area contributed by atoms with Crippen molar-refractivity contribution in [3.8, 4) is 0 Å². The average Bonchev–Trinajstić information content (AvgIpc) is 2.36. The largest absolute Gasteiger partial charge is 0.427 e. The van der Waals surface area contributed by atoms with Gasteiger partial charge in [0.1, 0.15) is 5.82 Å². The second-order valence-corrected chi connectivity index (χ2v) is 13.1. The van der Waals surface area contributed by atoms with Crippen molar-refractivity contribution in [1.82, 2.24) is 0 Å². The van der Waals surface area contributed by atoms with Crippen LogP contribution in [-0.4, -0.2) is 39.0 Å². The highest BCUT2D eigenvalue weighted by atomic mass is 28.3. The SMILES string of the molecule is COCc1c(BOC(C)(C)C(C)(C)O)ccc([Si](C)(C)C)c1F. The Kier molecular flexibility index (Phi) is 6.24. The van der Waals surface area contributed by atoms with Gasteiger partial charge < -0.3 is 14.5 Å². The van der Waals surface area contributed by atoms with Gasteiger partial charge in [-0.2, -0.15) is 0 Å². The van der Waals surface area contributed by atoms with Crippen LogP contribution in [-0.2, 0) is 16.0 Å². The van der Waals surface area contributed by atoms with Crippen molar-refractivity contribution in [2.75, 3.05) is 7.11 Å². The summed E-state index contributed by atoms with van der Waals surface area (Å²) in [6, 6.07) is 3.79. The molecule has 0 heterocycles. The third kappa shape index (κ3) is 4.89. The van der Waals surface area contributed by atoms with E-state index in [9.17, 15) is 9.50 Å². The van der Waals surface area contributed by atoms with Gasteiger partial charge >= 0.3 is 7.48 Å². The first kappa shape index (κ1) is 20.4. The van der Waals surface area contributed by atoms with Crippen LogP contribution in [0, 0.1) is 5.82 Å². The lowest BCUT2D eigenvalue weighted by Gasteiger charge is -2.37. The minimum absolute atomic E-state index is 0.173. The zero-order valence-electron chi connectivity index (χ0n) is 15.7. The molecular formula is C17H30BFO3Si. The molecule has 0 saturated carbocycles. The summed E-state index contributed by atoms with van der Waals surface area (Å²) in [4.78, 5) is 0. The fourth-order valence-electron chi connectivity index (χ4n) is 2.11. The lowest BCUT2D eigenvalue weighted by atomic mass is 9.80. The van der Waals surface area contributed by atoms with Crippen LogP contribution in [0.25, 0.3) is 0 Å². The van der Waals surface area contributed by atoms with Crippen molar-refractivity contribution in [3.63, 3.8) is 0 Å². The molecule has 0 aliphatic rings. The molecule has 0 aliphatic carbocycles. The van der Waals surface area contributed by atoms with Crippen LogP contribution < -0.4 is 10.6 Å². The number of halogens is 1. The van der Waals surface area contributed by atoms with E-state index in [0.29, 0.717) is 5.56 Å². The Morgan fingerprint density at radius 1 is 1.17 bits per heavy atom. The lowest BCUT2D eigenvalue weighted by molar-refractivity contribution is -0.0893. The van der Waals surface area contributed by atoms with Crippen LogP contribution in [0.4, 0.5) is 4.39 Å². The molecule has 0 fully saturated rings. The zero-order valence-corrected chi connectivity index (χ0v) is 16.7. The first-order valence-electron chi connectivity index (χ1n) is 7.97. The molecule has 0 aliphatic heterocycles. The number of aliphatic hydroxyl groups is 1. The van der Waals surface area contributed by atoms with Gasteiger partial charge in [-0.3, -0.25) is 0 Å². The van der Waals surface area contributed by atoms with Crippen molar-refractivity contribution in [2.45, 2.75) is 65.1 Å². The quantitative estimate of drug-likeness (QED) is 0.773. The van der Waals surface area contributed by atoms with E-state index in [1.807, 2.05) is 26.0 Å². The summed E-state index contributed by atoms with van der Waals surface area (Å²) < 4.78 is 26.0. The minimum atomic E-state index is -1.76. The van der Waals surface area contributed by atoms with Crippen LogP contribution in [0.15, 0.2) is 12.1 Å². The lowest BCUT2D eigenvalue weighted by Crippen LogP contribution is -2.50. The third-order valence-electron chi connectivity index (χ3n) is 4.50. The van der Waals surface area contributed by atoms with Crippen molar-refractivity contribution in [3.05, 3.63) is 23.5 Å². The van der Waals surface area contributed by atoms with E-state index in [-0.39, 0.29) is 19.9 Å². The molecule has 0 saturated heterocycles. The van der Waals surface area contributed by atoms with E-state index in [2.05, 4.69) is 19.6 Å². The Morgan fingerprint density at radius 3 is 2.17 bits per heavy atom. The van der Waals surface area contributed by atoms with Gasteiger partial charge in [0.25, 0.3) is 0 Å². The van der Waals surface area contributed by atoms with E-state index < -0.39 is 19.3 Å². The maximum absolute atomic E-state index is 14.9. The number of hydrogen-bond donors (Lipinski definition) is 1. The third-order valence-corrected chi connectivity index (χ3v) is 6.50. The van der Waals surface area contributed by atoms with Gasteiger partial charge in [-0.15, -0.1) is 0 Å². The highest BCUT2D eigenvalue weighted by Gasteiger charge is 2.36. The van der Waals surface area contributed by atoms with Crippen LogP contribution in [0.1, 0.15) is 33.3 Å². The molecule has 0 spiro atoms. The standard InChI is InChI=1S/C17H30BFO3Si/c1-16(2,20)17(3,4)22-18-13-9-10-14(23(6,7)8)15(19)12(13)11-21-5/h9-10,18,20H,11H2,1-8H3. The van der Waals surface area contributed by atoms with Gasteiger partial charge in [0.2, 0.25) is 0 Å². The summed E-state index contributed by atoms with van der Waals surface area (Å²) in [7, 11) is 0.0342. The molecule has 1 N–H and O–H groups in total. The maximum Gasteiger partial charge on any atom is 0.309 e. The summed E-state index contributed by atoms with van der Waals surface area (Å²) in [6.07, 6.45) is 0. The number of benzene rings is 1. The topological polar surface area (TPSA) is 38.7 Å². The van der Waals surface area contributed by atoms with E-state index in [1.54, 1.807) is 21.0 Å². The summed E-state index contributed by atoms with van der Waals surface area (Å²) in [6.45, 7) is 13.6. The molecule has 1 rings (SSSR count). The molecule has 0 amide bonds. The molecule has 1 aromatic carbocycles. The number of methoxy groups -OCH3 is 1. The normalized spacial score (nSPS) is 13.3. The summed E-state index contributed by atoms with van der Waals surface area (Å²) in [5.74, 6) is -0.173. The molecular weight excluding hydrogens is 310 g/mol. The Morgan fingerprint density at radius 2 is 1.74 bits per heavy atom. The summed E-state index contributed by atoms with van der Waals surface area (Å²) in [5.41, 5.74) is -0.418. The van der Waals surface area contributed by atoms with Gasteiger partial charge in [0.05, 0.1) is 25.9 Å². The fourth-order valence-corrected chi connectivity index (χ4v) is 3.50. The second-order valence-electron chi connectivity index (χ2n) is 8.11. The molecule has 0 atom stereocenters. The second kappa shape index (κ2) is 7.05. The molecule has 0 radical (unpaired) electrons. The molecule has 23 heavy (non-hydrogen) atoms. The van der Waals surface area contributed by atoms with Gasteiger partial charge in [-0.1, -0.05) is 31.8 Å². The minimum Gasteiger partial charge on any atom is -0.427 e. The Labute approximate surface area is 141 Å². The number of ether oxygens (including phenoxy) is 1. The first-order chi connectivity index (χ1) is 10.3. The fraction of sp³-hybridized carbons (Fsp3) is 0.647. The molecule has 1 aromatic rings. The van der Waals surface area contributed by atoms with Crippen LogP contribution in [0.3, 0.4) is 0 Å². The zero-order chi connectivity index (χ0) is 18.1. The average molecular weight is 340 g/mol. The molecule has 0 unspecified atom stereocenters. The first-order valence-corrected chi connectivity index (χ1v) is 11.5. The predicted octanol–water partition coefficient (Wildman–Crippen LogP) is 2.06. The van der Waals surface area contributed by atoms with E-state index in [1.165, 1.54) is 0 Å². The van der Waals surface area contributed by atoms with E-state index >= 15 is 0 Å². The van der Waals surface area contributed by atoms with Gasteiger partial charge in [-0.25, -0.2) is 4.39 Å². The van der Waals surface area contributed by atoms with Gasteiger partial charge in [0, 0.05) is 12.7 Å². The highest BCUT2D eigenvalue weighted by Crippen LogP contribution is 2.24.